The van der Waals surface area contributed by atoms with Crippen molar-refractivity contribution in [2.24, 2.45) is 0 Å². The number of hydrogen-bond donors (Lipinski definition) is 1. The van der Waals surface area contributed by atoms with Crippen LogP contribution in [0.5, 0.6) is 5.75 Å². The Morgan fingerprint density at radius 2 is 2.26 bits per heavy atom. The van der Waals surface area contributed by atoms with Crippen LogP contribution < -0.4 is 4.74 Å². The number of nitrogens with zero attached hydrogens (tertiary/aromatic N) is 2. The molecular weight excluding hydrogens is 247 g/mol. The average Bonchev–Trinajstić information content (AvgIpc) is 2.87. The maximum atomic E-state index is 13.9. The van der Waals surface area contributed by atoms with Gasteiger partial charge in [-0.3, -0.25) is 4.68 Å². The van der Waals surface area contributed by atoms with E-state index >= 15 is 0 Å². The minimum absolute atomic E-state index is 0.219. The third kappa shape index (κ3) is 2.93. The van der Waals surface area contributed by atoms with Crippen molar-refractivity contribution in [3.05, 3.63) is 47.5 Å². The van der Waals surface area contributed by atoms with Crippen LogP contribution in [-0.2, 0) is 6.54 Å². The number of aromatic nitrogens is 2. The molecule has 0 aliphatic heterocycles. The van der Waals surface area contributed by atoms with E-state index in [1.165, 1.54) is 19.2 Å². The number of benzene rings is 1. The molecule has 0 saturated heterocycles. The maximum Gasteiger partial charge on any atom is 0.133 e. The summed E-state index contributed by atoms with van der Waals surface area (Å²) in [5.41, 5.74) is 0.800. The molecule has 1 unspecified atom stereocenters. The molecule has 4 nitrogen and oxygen atoms in total. The normalized spacial score (nSPS) is 12.4. The fourth-order valence-corrected chi connectivity index (χ4v) is 1.91. The molecular formula is C14H17FN2O2. The van der Waals surface area contributed by atoms with Crippen LogP contribution in [0.25, 0.3) is 0 Å². The van der Waals surface area contributed by atoms with Gasteiger partial charge in [0, 0.05) is 29.9 Å². The molecule has 0 bridgehead atoms. The molecule has 0 saturated carbocycles. The number of ether oxygens (including phenoxy) is 1. The van der Waals surface area contributed by atoms with Crippen molar-refractivity contribution in [1.29, 1.82) is 0 Å². The molecule has 2 aromatic rings. The highest BCUT2D eigenvalue weighted by Gasteiger charge is 2.17. The Bertz CT molecular complexity index is 554. The van der Waals surface area contributed by atoms with E-state index < -0.39 is 11.9 Å². The SMILES string of the molecule is CCCn1cc(C(O)c2ccc(OC)cc2F)cn1. The van der Waals surface area contributed by atoms with Gasteiger partial charge in [0.05, 0.1) is 13.3 Å². The molecule has 1 aromatic carbocycles. The van der Waals surface area contributed by atoms with E-state index in [1.54, 1.807) is 23.1 Å². The van der Waals surface area contributed by atoms with E-state index in [9.17, 15) is 9.50 Å². The number of rotatable bonds is 5. The molecule has 19 heavy (non-hydrogen) atoms. The van der Waals surface area contributed by atoms with Crippen LogP contribution in [0.2, 0.25) is 0 Å². The maximum absolute atomic E-state index is 13.9. The molecule has 1 atom stereocenters. The van der Waals surface area contributed by atoms with E-state index in [4.69, 9.17) is 4.74 Å². The molecule has 2 rings (SSSR count). The van der Waals surface area contributed by atoms with Crippen LogP contribution in [-0.4, -0.2) is 22.0 Å². The van der Waals surface area contributed by atoms with Crippen LogP contribution in [0, 0.1) is 5.82 Å². The zero-order valence-electron chi connectivity index (χ0n) is 11.0. The Morgan fingerprint density at radius 3 is 2.89 bits per heavy atom. The Hall–Kier alpha value is -1.88. The molecule has 1 N–H and O–H groups in total. The zero-order chi connectivity index (χ0) is 13.8. The number of aliphatic hydroxyl groups is 1. The molecule has 1 aromatic heterocycles. The van der Waals surface area contributed by atoms with Crippen molar-refractivity contribution in [3.63, 3.8) is 0 Å². The molecule has 0 aliphatic rings. The topological polar surface area (TPSA) is 47.3 Å². The zero-order valence-corrected chi connectivity index (χ0v) is 11.0. The lowest BCUT2D eigenvalue weighted by Gasteiger charge is -2.11. The second kappa shape index (κ2) is 5.84. The standard InChI is InChI=1S/C14H17FN2O2/c1-3-6-17-9-10(8-16-17)14(18)12-5-4-11(19-2)7-13(12)15/h4-5,7-9,14,18H,3,6H2,1-2H3. The van der Waals surface area contributed by atoms with Gasteiger partial charge >= 0.3 is 0 Å². The molecule has 0 radical (unpaired) electrons. The molecule has 0 spiro atoms. The van der Waals surface area contributed by atoms with Crippen LogP contribution in [0.4, 0.5) is 4.39 Å². The number of aliphatic hydroxyl groups excluding tert-OH is 1. The summed E-state index contributed by atoms with van der Waals surface area (Å²) in [5, 5.41) is 14.3. The van der Waals surface area contributed by atoms with E-state index in [2.05, 4.69) is 5.10 Å². The summed E-state index contributed by atoms with van der Waals surface area (Å²) in [6.45, 7) is 2.82. The van der Waals surface area contributed by atoms with E-state index in [0.29, 0.717) is 11.3 Å². The summed E-state index contributed by atoms with van der Waals surface area (Å²) in [7, 11) is 1.47. The van der Waals surface area contributed by atoms with Gasteiger partial charge in [-0.2, -0.15) is 5.10 Å². The van der Waals surface area contributed by atoms with Gasteiger partial charge in [-0.25, -0.2) is 4.39 Å². The Kier molecular flexibility index (Phi) is 4.16. The highest BCUT2D eigenvalue weighted by Crippen LogP contribution is 2.26. The summed E-state index contributed by atoms with van der Waals surface area (Å²) in [6, 6.07) is 4.41. The van der Waals surface area contributed by atoms with Crippen LogP contribution in [0.3, 0.4) is 0 Å². The van der Waals surface area contributed by atoms with Gasteiger partial charge in [-0.1, -0.05) is 6.92 Å². The van der Waals surface area contributed by atoms with Crippen molar-refractivity contribution in [2.75, 3.05) is 7.11 Å². The molecule has 102 valence electrons. The number of methoxy groups -OCH3 is 1. The Labute approximate surface area is 111 Å². The highest BCUT2D eigenvalue weighted by molar-refractivity contribution is 5.34. The van der Waals surface area contributed by atoms with Gasteiger partial charge in [0.2, 0.25) is 0 Å². The second-order valence-corrected chi connectivity index (χ2v) is 4.33. The van der Waals surface area contributed by atoms with E-state index in [-0.39, 0.29) is 5.56 Å². The lowest BCUT2D eigenvalue weighted by atomic mass is 10.0. The predicted molar refractivity (Wildman–Crippen MR) is 69.5 cm³/mol. The van der Waals surface area contributed by atoms with Crippen LogP contribution >= 0.6 is 0 Å². The molecule has 1 heterocycles. The quantitative estimate of drug-likeness (QED) is 0.902. The first-order valence-corrected chi connectivity index (χ1v) is 6.19. The monoisotopic (exact) mass is 264 g/mol. The van der Waals surface area contributed by atoms with E-state index in [0.717, 1.165) is 13.0 Å². The third-order valence-electron chi connectivity index (χ3n) is 2.92. The molecule has 0 amide bonds. The van der Waals surface area contributed by atoms with Crippen molar-refractivity contribution in [3.8, 4) is 5.75 Å². The average molecular weight is 264 g/mol. The van der Waals surface area contributed by atoms with Crippen molar-refractivity contribution in [2.45, 2.75) is 26.0 Å². The first-order valence-electron chi connectivity index (χ1n) is 6.19. The predicted octanol–water partition coefficient (Wildman–Crippen LogP) is 2.52. The lowest BCUT2D eigenvalue weighted by Crippen LogP contribution is -2.02. The third-order valence-corrected chi connectivity index (χ3v) is 2.92. The number of hydrogen-bond acceptors (Lipinski definition) is 3. The smallest absolute Gasteiger partial charge is 0.133 e. The first-order chi connectivity index (χ1) is 9.15. The van der Waals surface area contributed by atoms with Gasteiger partial charge in [0.25, 0.3) is 0 Å². The summed E-state index contributed by atoms with van der Waals surface area (Å²) in [6.07, 6.45) is 3.23. The van der Waals surface area contributed by atoms with E-state index in [1.807, 2.05) is 6.92 Å². The van der Waals surface area contributed by atoms with Crippen molar-refractivity contribution in [1.82, 2.24) is 9.78 Å². The summed E-state index contributed by atoms with van der Waals surface area (Å²) >= 11 is 0. The second-order valence-electron chi connectivity index (χ2n) is 4.33. The number of aryl methyl sites for hydroxylation is 1. The minimum Gasteiger partial charge on any atom is -0.497 e. The van der Waals surface area contributed by atoms with Crippen LogP contribution in [0.15, 0.2) is 30.6 Å². The van der Waals surface area contributed by atoms with Crippen LogP contribution in [0.1, 0.15) is 30.6 Å². The number of halogens is 1. The molecule has 0 aliphatic carbocycles. The largest absolute Gasteiger partial charge is 0.497 e. The van der Waals surface area contributed by atoms with Crippen molar-refractivity contribution < 1.29 is 14.2 Å². The van der Waals surface area contributed by atoms with Gasteiger partial charge in [0.15, 0.2) is 0 Å². The van der Waals surface area contributed by atoms with Crippen molar-refractivity contribution >= 4 is 0 Å². The Morgan fingerprint density at radius 1 is 1.47 bits per heavy atom. The van der Waals surface area contributed by atoms with Gasteiger partial charge in [-0.15, -0.1) is 0 Å². The van der Waals surface area contributed by atoms with Gasteiger partial charge < -0.3 is 9.84 Å². The summed E-state index contributed by atoms with van der Waals surface area (Å²) in [4.78, 5) is 0. The molecule has 0 fully saturated rings. The fourth-order valence-electron chi connectivity index (χ4n) is 1.91. The summed E-state index contributed by atoms with van der Waals surface area (Å²) < 4.78 is 20.5. The van der Waals surface area contributed by atoms with Gasteiger partial charge in [0.1, 0.15) is 17.7 Å². The fraction of sp³-hybridized carbons (Fsp3) is 0.357. The lowest BCUT2D eigenvalue weighted by molar-refractivity contribution is 0.214. The summed E-state index contributed by atoms with van der Waals surface area (Å²) in [5.74, 6) is -0.0646. The molecule has 5 heteroatoms. The first kappa shape index (κ1) is 13.5. The highest BCUT2D eigenvalue weighted by atomic mass is 19.1. The van der Waals surface area contributed by atoms with Gasteiger partial charge in [-0.05, 0) is 18.6 Å². The minimum atomic E-state index is -1.02. The Balaban J connectivity index is 2.24.